The molecule has 1 atom stereocenters. The van der Waals surface area contributed by atoms with Gasteiger partial charge in [0.25, 0.3) is 11.7 Å². The van der Waals surface area contributed by atoms with E-state index in [1.54, 1.807) is 60.7 Å². The van der Waals surface area contributed by atoms with E-state index in [1.165, 1.54) is 24.1 Å². The van der Waals surface area contributed by atoms with Crippen molar-refractivity contribution in [2.24, 2.45) is 0 Å². The number of nitrogens with zero attached hydrogens (tertiary/aromatic N) is 1. The van der Waals surface area contributed by atoms with Crippen molar-refractivity contribution < 1.29 is 29.3 Å². The number of carbonyl (C=O) groups is 2. The quantitative estimate of drug-likeness (QED) is 0.299. The van der Waals surface area contributed by atoms with Crippen LogP contribution >= 0.6 is 0 Å². The molecule has 4 rings (SSSR count). The molecule has 0 radical (unpaired) electrons. The number of ether oxygens (including phenoxy) is 2. The summed E-state index contributed by atoms with van der Waals surface area (Å²) < 4.78 is 10.9. The molecule has 7 nitrogen and oxygen atoms in total. The summed E-state index contributed by atoms with van der Waals surface area (Å²) in [5.74, 6) is -0.908. The summed E-state index contributed by atoms with van der Waals surface area (Å²) in [4.78, 5) is 27.8. The van der Waals surface area contributed by atoms with Gasteiger partial charge in [-0.15, -0.1) is 0 Å². The van der Waals surface area contributed by atoms with Crippen molar-refractivity contribution in [3.63, 3.8) is 0 Å². The molecule has 0 aliphatic carbocycles. The molecular weight excluding hydrogens is 434 g/mol. The maximum absolute atomic E-state index is 13.2. The van der Waals surface area contributed by atoms with E-state index in [1.807, 2.05) is 6.92 Å². The minimum Gasteiger partial charge on any atom is -0.508 e. The van der Waals surface area contributed by atoms with Crippen LogP contribution < -0.4 is 14.4 Å². The predicted octanol–water partition coefficient (Wildman–Crippen LogP) is 4.82. The zero-order valence-electron chi connectivity index (χ0n) is 18.9. The zero-order valence-corrected chi connectivity index (χ0v) is 18.9. The number of amides is 1. The van der Waals surface area contributed by atoms with Crippen LogP contribution in [0.25, 0.3) is 5.76 Å². The van der Waals surface area contributed by atoms with E-state index in [4.69, 9.17) is 9.47 Å². The molecule has 0 bridgehead atoms. The molecule has 0 aromatic heterocycles. The molecule has 3 aromatic rings. The van der Waals surface area contributed by atoms with Crippen molar-refractivity contribution in [2.45, 2.75) is 19.4 Å². The Morgan fingerprint density at radius 1 is 0.971 bits per heavy atom. The minimum absolute atomic E-state index is 0.0244. The molecule has 0 spiro atoms. The number of ketones is 1. The first-order chi connectivity index (χ1) is 16.4. The molecule has 3 aromatic carbocycles. The fourth-order valence-electron chi connectivity index (χ4n) is 3.98. The molecule has 1 fully saturated rings. The van der Waals surface area contributed by atoms with Gasteiger partial charge in [0, 0.05) is 17.3 Å². The molecule has 1 aliphatic rings. The molecule has 0 saturated carbocycles. The summed E-state index contributed by atoms with van der Waals surface area (Å²) in [5.41, 5.74) is 1.17. The molecule has 2 N–H and O–H groups in total. The number of phenolic OH excluding ortho intramolecular Hbond substituents is 1. The highest BCUT2D eigenvalue weighted by Gasteiger charge is 2.47. The highest BCUT2D eigenvalue weighted by molar-refractivity contribution is 6.51. The van der Waals surface area contributed by atoms with Gasteiger partial charge in [0.1, 0.15) is 23.0 Å². The first-order valence-corrected chi connectivity index (χ1v) is 10.9. The van der Waals surface area contributed by atoms with Gasteiger partial charge in [0.15, 0.2) is 0 Å². The molecular formula is C27H25NO6. The minimum atomic E-state index is -0.959. The number of methoxy groups -OCH3 is 1. The van der Waals surface area contributed by atoms with Crippen LogP contribution in [0.2, 0.25) is 0 Å². The fourth-order valence-corrected chi connectivity index (χ4v) is 3.98. The highest BCUT2D eigenvalue weighted by Crippen LogP contribution is 2.43. The lowest BCUT2D eigenvalue weighted by atomic mass is 9.95. The fraction of sp³-hybridized carbons (Fsp3) is 0.185. The van der Waals surface area contributed by atoms with Crippen molar-refractivity contribution in [3.8, 4) is 17.2 Å². The van der Waals surface area contributed by atoms with Crippen LogP contribution in [-0.4, -0.2) is 35.6 Å². The molecule has 1 heterocycles. The average Bonchev–Trinajstić information content (AvgIpc) is 3.12. The van der Waals surface area contributed by atoms with Gasteiger partial charge in [0.05, 0.1) is 25.3 Å². The summed E-state index contributed by atoms with van der Waals surface area (Å²) in [6.07, 6.45) is 0.819. The second kappa shape index (κ2) is 9.70. The first kappa shape index (κ1) is 22.9. The van der Waals surface area contributed by atoms with Crippen LogP contribution in [0.4, 0.5) is 5.69 Å². The Labute approximate surface area is 197 Å². The summed E-state index contributed by atoms with van der Waals surface area (Å²) in [6.45, 7) is 2.49. The second-order valence-electron chi connectivity index (χ2n) is 7.84. The topological polar surface area (TPSA) is 96.3 Å². The van der Waals surface area contributed by atoms with Crippen molar-refractivity contribution in [1.29, 1.82) is 0 Å². The number of Topliss-reactive ketones (excluding diaryl/α,β-unsaturated/α-hetero) is 1. The average molecular weight is 459 g/mol. The van der Waals surface area contributed by atoms with Gasteiger partial charge in [-0.1, -0.05) is 37.3 Å². The van der Waals surface area contributed by atoms with Crippen molar-refractivity contribution in [2.75, 3.05) is 18.6 Å². The third kappa shape index (κ3) is 4.32. The summed E-state index contributed by atoms with van der Waals surface area (Å²) in [6, 6.07) is 18.8. The van der Waals surface area contributed by atoms with Gasteiger partial charge in [-0.2, -0.15) is 0 Å². The number of phenols is 1. The number of hydrogen-bond acceptors (Lipinski definition) is 6. The number of aliphatic hydroxyl groups is 1. The Morgan fingerprint density at radius 2 is 1.71 bits per heavy atom. The van der Waals surface area contributed by atoms with Crippen LogP contribution in [0, 0.1) is 0 Å². The van der Waals surface area contributed by atoms with Gasteiger partial charge >= 0.3 is 0 Å². The molecule has 34 heavy (non-hydrogen) atoms. The molecule has 1 amide bonds. The third-order valence-corrected chi connectivity index (χ3v) is 5.54. The van der Waals surface area contributed by atoms with E-state index in [2.05, 4.69) is 0 Å². The zero-order chi connectivity index (χ0) is 24.2. The van der Waals surface area contributed by atoms with Gasteiger partial charge in [-0.3, -0.25) is 14.5 Å². The molecule has 1 aliphatic heterocycles. The number of carbonyl (C=O) groups excluding carboxylic acids is 2. The Kier molecular flexibility index (Phi) is 6.54. The SMILES string of the molecule is CCCOc1cccc(/C(O)=C2\C(=O)C(=O)N(c3cccc(OC)c3)C2c2cccc(O)c2)c1. The van der Waals surface area contributed by atoms with E-state index in [-0.39, 0.29) is 17.1 Å². The Morgan fingerprint density at radius 3 is 2.44 bits per heavy atom. The van der Waals surface area contributed by atoms with Gasteiger partial charge < -0.3 is 19.7 Å². The lowest BCUT2D eigenvalue weighted by Gasteiger charge is -2.25. The molecule has 7 heteroatoms. The van der Waals surface area contributed by atoms with Gasteiger partial charge in [0.2, 0.25) is 0 Å². The van der Waals surface area contributed by atoms with Crippen LogP contribution in [0.15, 0.2) is 78.4 Å². The Balaban J connectivity index is 1.90. The lowest BCUT2D eigenvalue weighted by Crippen LogP contribution is -2.29. The van der Waals surface area contributed by atoms with Crippen LogP contribution in [-0.2, 0) is 9.59 Å². The van der Waals surface area contributed by atoms with Crippen molar-refractivity contribution in [3.05, 3.63) is 89.5 Å². The molecule has 174 valence electrons. The molecule has 1 saturated heterocycles. The smallest absolute Gasteiger partial charge is 0.300 e. The van der Waals surface area contributed by atoms with Crippen LogP contribution in [0.1, 0.15) is 30.5 Å². The maximum Gasteiger partial charge on any atom is 0.300 e. The van der Waals surface area contributed by atoms with Crippen LogP contribution in [0.5, 0.6) is 17.2 Å². The predicted molar refractivity (Wildman–Crippen MR) is 128 cm³/mol. The van der Waals surface area contributed by atoms with E-state index < -0.39 is 17.7 Å². The Bertz CT molecular complexity index is 1270. The number of aromatic hydroxyl groups is 1. The van der Waals surface area contributed by atoms with Gasteiger partial charge in [-0.05, 0) is 48.4 Å². The first-order valence-electron chi connectivity index (χ1n) is 10.9. The maximum atomic E-state index is 13.2. The summed E-state index contributed by atoms with van der Waals surface area (Å²) in [7, 11) is 1.51. The Hall–Kier alpha value is -4.26. The normalized spacial score (nSPS) is 17.1. The number of benzene rings is 3. The summed E-state index contributed by atoms with van der Waals surface area (Å²) in [5, 5.41) is 21.4. The van der Waals surface area contributed by atoms with E-state index in [0.29, 0.717) is 34.9 Å². The highest BCUT2D eigenvalue weighted by atomic mass is 16.5. The second-order valence-corrected chi connectivity index (χ2v) is 7.84. The van der Waals surface area contributed by atoms with Gasteiger partial charge in [-0.25, -0.2) is 0 Å². The van der Waals surface area contributed by atoms with E-state index in [0.717, 1.165) is 6.42 Å². The number of anilines is 1. The lowest BCUT2D eigenvalue weighted by molar-refractivity contribution is -0.132. The number of aliphatic hydroxyl groups excluding tert-OH is 1. The van der Waals surface area contributed by atoms with Crippen molar-refractivity contribution >= 4 is 23.1 Å². The standard InChI is InChI=1S/C27H25NO6/c1-3-13-34-22-12-5-8-18(15-22)25(30)23-24(17-7-4-10-20(29)14-17)28(27(32)26(23)31)19-9-6-11-21(16-19)33-2/h4-12,14-16,24,29-30H,3,13H2,1-2H3/b25-23+. The largest absolute Gasteiger partial charge is 0.508 e. The number of rotatable bonds is 7. The van der Waals surface area contributed by atoms with Crippen LogP contribution in [0.3, 0.4) is 0 Å². The number of hydrogen-bond donors (Lipinski definition) is 2. The van der Waals surface area contributed by atoms with E-state index in [9.17, 15) is 19.8 Å². The third-order valence-electron chi connectivity index (χ3n) is 5.54. The van der Waals surface area contributed by atoms with Crippen molar-refractivity contribution in [1.82, 2.24) is 0 Å². The van der Waals surface area contributed by atoms with E-state index >= 15 is 0 Å². The summed E-state index contributed by atoms with van der Waals surface area (Å²) >= 11 is 0. The molecule has 1 unspecified atom stereocenters. The monoisotopic (exact) mass is 459 g/mol.